The van der Waals surface area contributed by atoms with Gasteiger partial charge < -0.3 is 20.1 Å². The van der Waals surface area contributed by atoms with Gasteiger partial charge in [0.2, 0.25) is 10.0 Å². The molecule has 9 nitrogen and oxygen atoms in total. The highest BCUT2D eigenvalue weighted by Gasteiger charge is 2.35. The van der Waals surface area contributed by atoms with E-state index in [9.17, 15) is 13.2 Å². The zero-order valence-electron chi connectivity index (χ0n) is 17.7. The molecule has 1 saturated carbocycles. The van der Waals surface area contributed by atoms with Crippen LogP contribution in [0.25, 0.3) is 0 Å². The molecule has 0 spiro atoms. The SMILES string of the molecule is O=C(NCc1cccnc1)Nc1ccc(S(=O)(=O)NC2CCC3OCCCOC3C2)cc1. The van der Waals surface area contributed by atoms with Crippen molar-refractivity contribution < 1.29 is 22.7 Å². The first-order valence-corrected chi connectivity index (χ1v) is 12.3. The number of amides is 2. The van der Waals surface area contributed by atoms with E-state index in [0.29, 0.717) is 38.3 Å². The topological polar surface area (TPSA) is 119 Å². The second kappa shape index (κ2) is 10.4. The number of carbonyl (C=O) groups is 1. The Labute approximate surface area is 188 Å². The second-order valence-corrected chi connectivity index (χ2v) is 9.71. The normalized spacial score (nSPS) is 23.6. The Morgan fingerprint density at radius 3 is 2.59 bits per heavy atom. The lowest BCUT2D eigenvalue weighted by Gasteiger charge is -2.34. The second-order valence-electron chi connectivity index (χ2n) is 8.00. The van der Waals surface area contributed by atoms with Crippen LogP contribution >= 0.6 is 0 Å². The Morgan fingerprint density at radius 1 is 1.06 bits per heavy atom. The van der Waals surface area contributed by atoms with Gasteiger partial charge in [0.25, 0.3) is 0 Å². The maximum atomic E-state index is 12.8. The Morgan fingerprint density at radius 2 is 1.84 bits per heavy atom. The summed E-state index contributed by atoms with van der Waals surface area (Å²) in [6, 6.07) is 9.18. The van der Waals surface area contributed by atoms with E-state index in [1.165, 1.54) is 12.1 Å². The van der Waals surface area contributed by atoms with Crippen molar-refractivity contribution in [3.05, 3.63) is 54.4 Å². The first-order valence-electron chi connectivity index (χ1n) is 10.8. The fraction of sp³-hybridized carbons (Fsp3) is 0.455. The van der Waals surface area contributed by atoms with Gasteiger partial charge in [-0.05, 0) is 61.6 Å². The molecular weight excluding hydrogens is 432 g/mol. The standard InChI is InChI=1S/C22H28N4O5S/c27-22(24-15-16-3-1-10-23-14-16)25-17-4-7-19(8-5-17)32(28,29)26-18-6-9-20-21(13-18)31-12-2-11-30-20/h1,3-5,7-8,10,14,18,20-21,26H,2,6,9,11-13,15H2,(H2,24,25,27). The van der Waals surface area contributed by atoms with Crippen LogP contribution < -0.4 is 15.4 Å². The summed E-state index contributed by atoms with van der Waals surface area (Å²) in [7, 11) is -3.68. The predicted octanol–water partition coefficient (Wildman–Crippen LogP) is 2.41. The molecule has 0 radical (unpaired) electrons. The highest BCUT2D eigenvalue weighted by atomic mass is 32.2. The number of aromatic nitrogens is 1. The Hall–Kier alpha value is -2.53. The zero-order chi connectivity index (χ0) is 22.4. The lowest BCUT2D eigenvalue weighted by atomic mass is 9.91. The lowest BCUT2D eigenvalue weighted by molar-refractivity contribution is -0.0628. The molecular formula is C22H28N4O5S. The summed E-state index contributed by atoms with van der Waals surface area (Å²) < 4.78 is 40.1. The van der Waals surface area contributed by atoms with Gasteiger partial charge in [-0.15, -0.1) is 0 Å². The molecule has 1 aromatic carbocycles. The summed E-state index contributed by atoms with van der Waals surface area (Å²) in [6.07, 6.45) is 6.26. The van der Waals surface area contributed by atoms with Crippen LogP contribution in [0.1, 0.15) is 31.2 Å². The minimum Gasteiger partial charge on any atom is -0.375 e. The van der Waals surface area contributed by atoms with Crippen LogP contribution in [-0.4, -0.2) is 50.9 Å². The van der Waals surface area contributed by atoms with E-state index >= 15 is 0 Å². The number of hydrogen-bond donors (Lipinski definition) is 3. The van der Waals surface area contributed by atoms with Gasteiger partial charge in [-0.3, -0.25) is 4.98 Å². The van der Waals surface area contributed by atoms with E-state index in [4.69, 9.17) is 9.47 Å². The molecule has 1 aliphatic heterocycles. The molecule has 1 saturated heterocycles. The summed E-state index contributed by atoms with van der Waals surface area (Å²) >= 11 is 0. The maximum Gasteiger partial charge on any atom is 0.319 e. The van der Waals surface area contributed by atoms with Crippen molar-refractivity contribution in [1.82, 2.24) is 15.0 Å². The number of fused-ring (bicyclic) bond motifs is 1. The Balaban J connectivity index is 1.30. The minimum absolute atomic E-state index is 0.0490. The van der Waals surface area contributed by atoms with E-state index in [1.54, 1.807) is 30.6 Å². The van der Waals surface area contributed by atoms with Crippen molar-refractivity contribution >= 4 is 21.7 Å². The minimum atomic E-state index is -3.68. The maximum absolute atomic E-state index is 12.8. The van der Waals surface area contributed by atoms with Crippen molar-refractivity contribution in [2.45, 2.75) is 55.4 Å². The third-order valence-electron chi connectivity index (χ3n) is 5.60. The van der Waals surface area contributed by atoms with Gasteiger partial charge in [0.1, 0.15) is 0 Å². The highest BCUT2D eigenvalue weighted by molar-refractivity contribution is 7.89. The first kappa shape index (κ1) is 22.7. The number of benzene rings is 1. The van der Waals surface area contributed by atoms with Crippen LogP contribution in [0.5, 0.6) is 0 Å². The van der Waals surface area contributed by atoms with Gasteiger partial charge in [0.05, 0.1) is 17.1 Å². The van der Waals surface area contributed by atoms with Crippen LogP contribution in [0.3, 0.4) is 0 Å². The number of sulfonamides is 1. The van der Waals surface area contributed by atoms with Crippen LogP contribution in [0, 0.1) is 0 Å². The number of ether oxygens (including phenoxy) is 2. The number of nitrogens with one attached hydrogen (secondary N) is 3. The third-order valence-corrected chi connectivity index (χ3v) is 7.14. The molecule has 32 heavy (non-hydrogen) atoms. The number of rotatable bonds is 6. The lowest BCUT2D eigenvalue weighted by Crippen LogP contribution is -2.46. The van der Waals surface area contributed by atoms with Crippen molar-refractivity contribution in [3.8, 4) is 0 Å². The van der Waals surface area contributed by atoms with Crippen molar-refractivity contribution in [3.63, 3.8) is 0 Å². The molecule has 2 heterocycles. The molecule has 1 aliphatic carbocycles. The molecule has 0 bridgehead atoms. The largest absolute Gasteiger partial charge is 0.375 e. The van der Waals surface area contributed by atoms with E-state index in [2.05, 4.69) is 20.3 Å². The molecule has 10 heteroatoms. The molecule has 3 unspecified atom stereocenters. The molecule has 2 amide bonds. The summed E-state index contributed by atoms with van der Waals surface area (Å²) in [5, 5.41) is 5.42. The van der Waals surface area contributed by atoms with Gasteiger partial charge in [-0.25, -0.2) is 17.9 Å². The number of pyridine rings is 1. The molecule has 4 rings (SSSR count). The Bertz CT molecular complexity index is 1000. The predicted molar refractivity (Wildman–Crippen MR) is 119 cm³/mol. The third kappa shape index (κ3) is 6.04. The number of urea groups is 1. The molecule has 2 fully saturated rings. The summed E-state index contributed by atoms with van der Waals surface area (Å²) in [5.41, 5.74) is 1.38. The molecule has 2 aliphatic rings. The zero-order valence-corrected chi connectivity index (χ0v) is 18.5. The monoisotopic (exact) mass is 460 g/mol. The number of hydrogen-bond acceptors (Lipinski definition) is 6. The average molecular weight is 461 g/mol. The number of nitrogens with zero attached hydrogens (tertiary/aromatic N) is 1. The average Bonchev–Trinajstić information content (AvgIpc) is 3.03. The van der Waals surface area contributed by atoms with Crippen LogP contribution in [0.2, 0.25) is 0 Å². The van der Waals surface area contributed by atoms with E-state index < -0.39 is 10.0 Å². The van der Waals surface area contributed by atoms with Crippen LogP contribution in [0.15, 0.2) is 53.7 Å². The van der Waals surface area contributed by atoms with Gasteiger partial charge in [-0.1, -0.05) is 6.07 Å². The number of carbonyl (C=O) groups excluding carboxylic acids is 1. The first-order chi connectivity index (χ1) is 15.5. The van der Waals surface area contributed by atoms with Crippen molar-refractivity contribution in [2.75, 3.05) is 18.5 Å². The van der Waals surface area contributed by atoms with Crippen LogP contribution in [-0.2, 0) is 26.0 Å². The Kier molecular flexibility index (Phi) is 7.36. The highest BCUT2D eigenvalue weighted by Crippen LogP contribution is 2.27. The van der Waals surface area contributed by atoms with Gasteiger partial charge >= 0.3 is 6.03 Å². The molecule has 172 valence electrons. The van der Waals surface area contributed by atoms with Crippen molar-refractivity contribution in [1.29, 1.82) is 0 Å². The quantitative estimate of drug-likeness (QED) is 0.609. The van der Waals surface area contributed by atoms with Crippen molar-refractivity contribution in [2.24, 2.45) is 0 Å². The molecule has 1 aromatic heterocycles. The fourth-order valence-electron chi connectivity index (χ4n) is 3.97. The van der Waals surface area contributed by atoms with Gasteiger partial charge in [-0.2, -0.15) is 0 Å². The smallest absolute Gasteiger partial charge is 0.319 e. The summed E-state index contributed by atoms with van der Waals surface area (Å²) in [5.74, 6) is 0. The van der Waals surface area contributed by atoms with Gasteiger partial charge in [0.15, 0.2) is 0 Å². The molecule has 3 atom stereocenters. The fourth-order valence-corrected chi connectivity index (χ4v) is 5.25. The van der Waals surface area contributed by atoms with E-state index in [1.807, 2.05) is 6.07 Å². The van der Waals surface area contributed by atoms with E-state index in [0.717, 1.165) is 18.4 Å². The molecule has 2 aromatic rings. The van der Waals surface area contributed by atoms with Gasteiger partial charge in [0, 0.05) is 43.9 Å². The summed E-state index contributed by atoms with van der Waals surface area (Å²) in [4.78, 5) is 16.2. The summed E-state index contributed by atoms with van der Waals surface area (Å²) in [6.45, 7) is 1.68. The van der Waals surface area contributed by atoms with E-state index in [-0.39, 0.29) is 29.2 Å². The van der Waals surface area contributed by atoms with Crippen LogP contribution in [0.4, 0.5) is 10.5 Å². The molecule has 3 N–H and O–H groups in total. The number of anilines is 1.